The molecule has 2 atom stereocenters. The van der Waals surface area contributed by atoms with Gasteiger partial charge in [-0.25, -0.2) is 10.6 Å². The summed E-state index contributed by atoms with van der Waals surface area (Å²) in [5, 5.41) is 11.6. The molecule has 9 nitrogen and oxygen atoms in total. The molecule has 0 aromatic heterocycles. The van der Waals surface area contributed by atoms with Crippen molar-refractivity contribution >= 4 is 17.7 Å². The highest BCUT2D eigenvalue weighted by Crippen LogP contribution is 2.22. The van der Waals surface area contributed by atoms with Crippen molar-refractivity contribution in [2.45, 2.75) is 44.9 Å². The molecule has 140 valence electrons. The number of nitrogens with zero attached hydrogens (tertiary/aromatic N) is 2. The zero-order valence-corrected chi connectivity index (χ0v) is 15.0. The first-order chi connectivity index (χ1) is 11.6. The molecule has 1 heterocycles. The number of amides is 2. The molecule has 0 spiro atoms. The molecule has 0 saturated carbocycles. The normalized spacial score (nSPS) is 20.4. The first kappa shape index (κ1) is 20.5. The quantitative estimate of drug-likeness (QED) is 0.308. The number of hydrogen-bond donors (Lipinski definition) is 4. The Labute approximate surface area is 148 Å². The van der Waals surface area contributed by atoms with Gasteiger partial charge in [0, 0.05) is 25.0 Å². The van der Waals surface area contributed by atoms with E-state index in [1.807, 2.05) is 0 Å². The summed E-state index contributed by atoms with van der Waals surface area (Å²) in [4.78, 5) is 25.9. The van der Waals surface area contributed by atoms with Crippen LogP contribution in [0.15, 0.2) is 25.1 Å². The van der Waals surface area contributed by atoms with Crippen LogP contribution >= 0.6 is 0 Å². The average Bonchev–Trinajstić information content (AvgIpc) is 2.87. The fourth-order valence-corrected chi connectivity index (χ4v) is 2.51. The van der Waals surface area contributed by atoms with Gasteiger partial charge in [0.25, 0.3) is 5.91 Å². The van der Waals surface area contributed by atoms with Crippen LogP contribution in [0.1, 0.15) is 27.2 Å². The maximum Gasteiger partial charge on any atom is 0.410 e. The largest absolute Gasteiger partial charge is 0.444 e. The molecule has 0 aromatic carbocycles. The molecule has 0 aliphatic carbocycles. The van der Waals surface area contributed by atoms with Crippen molar-refractivity contribution in [1.29, 1.82) is 5.41 Å². The number of ether oxygens (including phenoxy) is 1. The van der Waals surface area contributed by atoms with Crippen LogP contribution in [0.3, 0.4) is 0 Å². The van der Waals surface area contributed by atoms with Gasteiger partial charge in [-0.15, -0.1) is 0 Å². The maximum atomic E-state index is 12.5. The van der Waals surface area contributed by atoms with E-state index >= 15 is 0 Å². The van der Waals surface area contributed by atoms with Gasteiger partial charge in [-0.2, -0.15) is 0 Å². The van der Waals surface area contributed by atoms with Crippen molar-refractivity contribution in [3.05, 3.63) is 25.1 Å². The van der Waals surface area contributed by atoms with E-state index in [2.05, 4.69) is 11.9 Å². The minimum atomic E-state index is -0.631. The minimum absolute atomic E-state index is 0.223. The van der Waals surface area contributed by atoms with Crippen molar-refractivity contribution in [2.75, 3.05) is 13.1 Å². The van der Waals surface area contributed by atoms with E-state index in [0.29, 0.717) is 13.0 Å². The van der Waals surface area contributed by atoms with Crippen molar-refractivity contribution in [1.82, 2.24) is 15.2 Å². The number of nitrogens with one attached hydrogen (secondary N) is 2. The monoisotopic (exact) mass is 352 g/mol. The van der Waals surface area contributed by atoms with Gasteiger partial charge >= 0.3 is 6.09 Å². The Kier molecular flexibility index (Phi) is 6.98. The van der Waals surface area contributed by atoms with Crippen LogP contribution in [0.2, 0.25) is 0 Å². The van der Waals surface area contributed by atoms with Gasteiger partial charge in [-0.1, -0.05) is 6.58 Å². The third-order valence-electron chi connectivity index (χ3n) is 3.53. The standard InChI is InChI=1S/C16H28N6O3/c1-5-13(18)14(23)20-11-8-12(10-21(19)7-6-17)22(9-11)15(24)25-16(2,3)4/h5-7,11-12,18H,1,8-10,17,19H2,2-4H3,(H,20,23)/b7-6-,18-13?/t11-,12+/m1/s1. The van der Waals surface area contributed by atoms with Crippen LogP contribution in [0.4, 0.5) is 4.79 Å². The molecule has 2 amide bonds. The number of hydrazine groups is 1. The molecule has 1 aliphatic rings. The average molecular weight is 352 g/mol. The second-order valence-electron chi connectivity index (χ2n) is 6.85. The Morgan fingerprint density at radius 1 is 1.48 bits per heavy atom. The van der Waals surface area contributed by atoms with Gasteiger partial charge in [0.1, 0.15) is 11.3 Å². The number of hydrogen-bond acceptors (Lipinski definition) is 7. The number of carbonyl (C=O) groups is 2. The number of rotatable bonds is 6. The Morgan fingerprint density at radius 2 is 2.12 bits per heavy atom. The maximum absolute atomic E-state index is 12.5. The summed E-state index contributed by atoms with van der Waals surface area (Å²) in [5.74, 6) is 5.29. The number of carbonyl (C=O) groups excluding carboxylic acids is 2. The van der Waals surface area contributed by atoms with Crippen LogP contribution in [-0.4, -0.2) is 58.4 Å². The van der Waals surface area contributed by atoms with Gasteiger partial charge < -0.3 is 25.7 Å². The lowest BCUT2D eigenvalue weighted by Gasteiger charge is -2.30. The topological polar surface area (TPSA) is 138 Å². The fraction of sp³-hybridized carbons (Fsp3) is 0.562. The smallest absolute Gasteiger partial charge is 0.410 e. The van der Waals surface area contributed by atoms with Gasteiger partial charge in [-0.05, 0) is 33.3 Å². The molecule has 9 heteroatoms. The first-order valence-electron chi connectivity index (χ1n) is 7.98. The lowest BCUT2D eigenvalue weighted by Crippen LogP contribution is -2.46. The molecule has 0 aromatic rings. The van der Waals surface area contributed by atoms with Crippen molar-refractivity contribution in [3.8, 4) is 0 Å². The van der Waals surface area contributed by atoms with Gasteiger partial charge in [-0.3, -0.25) is 10.2 Å². The first-order valence-corrected chi connectivity index (χ1v) is 7.98. The molecular weight excluding hydrogens is 324 g/mol. The molecule has 0 unspecified atom stereocenters. The fourth-order valence-electron chi connectivity index (χ4n) is 2.51. The Balaban J connectivity index is 2.85. The van der Waals surface area contributed by atoms with Crippen LogP contribution < -0.4 is 16.9 Å². The summed E-state index contributed by atoms with van der Waals surface area (Å²) in [6.07, 6.45) is 3.98. The van der Waals surface area contributed by atoms with Crippen molar-refractivity contribution < 1.29 is 14.3 Å². The van der Waals surface area contributed by atoms with E-state index in [1.54, 1.807) is 20.8 Å². The van der Waals surface area contributed by atoms with Crippen molar-refractivity contribution in [3.63, 3.8) is 0 Å². The van der Waals surface area contributed by atoms with Crippen LogP contribution in [-0.2, 0) is 9.53 Å². The summed E-state index contributed by atoms with van der Waals surface area (Å²) in [6.45, 7) is 9.36. The number of likely N-dealkylation sites (tertiary alicyclic amines) is 1. The molecule has 1 aliphatic heterocycles. The predicted molar refractivity (Wildman–Crippen MR) is 95.4 cm³/mol. The molecular formula is C16H28N6O3. The second-order valence-corrected chi connectivity index (χ2v) is 6.85. The van der Waals surface area contributed by atoms with Gasteiger partial charge in [0.05, 0.1) is 12.6 Å². The number of nitrogens with two attached hydrogens (primary N) is 2. The lowest BCUT2D eigenvalue weighted by molar-refractivity contribution is -0.115. The lowest BCUT2D eigenvalue weighted by atomic mass is 10.1. The molecule has 1 fully saturated rings. The van der Waals surface area contributed by atoms with E-state index < -0.39 is 17.6 Å². The van der Waals surface area contributed by atoms with E-state index in [1.165, 1.54) is 28.4 Å². The zero-order valence-electron chi connectivity index (χ0n) is 15.0. The minimum Gasteiger partial charge on any atom is -0.444 e. The molecule has 0 radical (unpaired) electrons. The molecule has 1 saturated heterocycles. The molecule has 6 N–H and O–H groups in total. The van der Waals surface area contributed by atoms with E-state index in [0.717, 1.165) is 0 Å². The van der Waals surface area contributed by atoms with E-state index in [-0.39, 0.29) is 24.3 Å². The Bertz CT molecular complexity index is 555. The molecule has 25 heavy (non-hydrogen) atoms. The Hall–Kier alpha value is -2.55. The third kappa shape index (κ3) is 6.46. The predicted octanol–water partition coefficient (Wildman–Crippen LogP) is 0.292. The van der Waals surface area contributed by atoms with Crippen molar-refractivity contribution in [2.24, 2.45) is 11.6 Å². The summed E-state index contributed by atoms with van der Waals surface area (Å²) >= 11 is 0. The molecule has 0 bridgehead atoms. The third-order valence-corrected chi connectivity index (χ3v) is 3.53. The SMILES string of the molecule is C=CC(=N)C(=O)N[C@@H]1C[C@@H](CN(N)/C=C\N)N(C(=O)OC(C)(C)C)C1. The molecule has 1 rings (SSSR count). The zero-order chi connectivity index (χ0) is 19.2. The summed E-state index contributed by atoms with van der Waals surface area (Å²) in [5.41, 5.74) is 4.47. The summed E-state index contributed by atoms with van der Waals surface area (Å²) < 4.78 is 5.43. The van der Waals surface area contributed by atoms with E-state index in [4.69, 9.17) is 21.7 Å². The second kappa shape index (κ2) is 8.52. The van der Waals surface area contributed by atoms with Crippen LogP contribution in [0, 0.1) is 5.41 Å². The summed E-state index contributed by atoms with van der Waals surface area (Å²) in [7, 11) is 0. The van der Waals surface area contributed by atoms with Crippen LogP contribution in [0.25, 0.3) is 0 Å². The summed E-state index contributed by atoms with van der Waals surface area (Å²) in [6, 6.07) is -0.570. The Morgan fingerprint density at radius 3 is 2.64 bits per heavy atom. The van der Waals surface area contributed by atoms with Gasteiger partial charge in [0.15, 0.2) is 0 Å². The highest BCUT2D eigenvalue weighted by molar-refractivity contribution is 6.41. The van der Waals surface area contributed by atoms with E-state index in [9.17, 15) is 9.59 Å². The van der Waals surface area contributed by atoms with Gasteiger partial charge in [0.2, 0.25) is 0 Å². The van der Waals surface area contributed by atoms with Crippen LogP contribution in [0.5, 0.6) is 0 Å². The highest BCUT2D eigenvalue weighted by atomic mass is 16.6. The highest BCUT2D eigenvalue weighted by Gasteiger charge is 2.38.